The van der Waals surface area contributed by atoms with Crippen molar-refractivity contribution in [1.29, 1.82) is 5.26 Å². The first-order chi connectivity index (χ1) is 5.65. The van der Waals surface area contributed by atoms with Gasteiger partial charge in [0.1, 0.15) is 11.2 Å². The van der Waals surface area contributed by atoms with Gasteiger partial charge in [-0.25, -0.2) is 0 Å². The number of thiocyanates is 1. The molecule has 3 heteroatoms. The first-order valence-electron chi connectivity index (χ1n) is 3.51. The largest absolute Gasteiger partial charge is 0.507 e. The Hall–Kier alpha value is -1.14. The van der Waals surface area contributed by atoms with Gasteiger partial charge in [-0.3, -0.25) is 0 Å². The molecule has 1 rings (SSSR count). The Morgan fingerprint density at radius 1 is 1.33 bits per heavy atom. The lowest BCUT2D eigenvalue weighted by Crippen LogP contribution is -1.81. The Bertz CT molecular complexity index is 318. The van der Waals surface area contributed by atoms with Crippen molar-refractivity contribution in [3.05, 3.63) is 23.3 Å². The maximum absolute atomic E-state index is 9.41. The summed E-state index contributed by atoms with van der Waals surface area (Å²) in [6.07, 6.45) is 0. The molecule has 1 N–H and O–H groups in total. The van der Waals surface area contributed by atoms with Gasteiger partial charge in [-0.1, -0.05) is 0 Å². The summed E-state index contributed by atoms with van der Waals surface area (Å²) in [5, 5.41) is 19.8. The summed E-state index contributed by atoms with van der Waals surface area (Å²) in [4.78, 5) is 0.880. The van der Waals surface area contributed by atoms with E-state index in [0.29, 0.717) is 5.75 Å². The summed E-state index contributed by atoms with van der Waals surface area (Å²) >= 11 is 1.11. The molecule has 62 valence electrons. The molecule has 0 unspecified atom stereocenters. The van der Waals surface area contributed by atoms with Crippen LogP contribution in [0.1, 0.15) is 11.1 Å². The van der Waals surface area contributed by atoms with Gasteiger partial charge in [-0.15, -0.1) is 0 Å². The third kappa shape index (κ3) is 1.72. The van der Waals surface area contributed by atoms with Crippen molar-refractivity contribution in [2.75, 3.05) is 0 Å². The van der Waals surface area contributed by atoms with E-state index < -0.39 is 0 Å². The summed E-state index contributed by atoms with van der Waals surface area (Å²) in [6.45, 7) is 3.65. The molecular weight excluding hydrogens is 170 g/mol. The molecule has 0 amide bonds. The average molecular weight is 179 g/mol. The highest BCUT2D eigenvalue weighted by Gasteiger charge is 2.02. The minimum atomic E-state index is 0.317. The molecule has 0 saturated carbocycles. The lowest BCUT2D eigenvalue weighted by Gasteiger charge is -2.03. The summed E-state index contributed by atoms with van der Waals surface area (Å²) < 4.78 is 0. The van der Waals surface area contributed by atoms with Gasteiger partial charge in [-0.05, 0) is 48.9 Å². The van der Waals surface area contributed by atoms with E-state index in [9.17, 15) is 5.11 Å². The van der Waals surface area contributed by atoms with Crippen LogP contribution in [0, 0.1) is 24.5 Å². The van der Waals surface area contributed by atoms with Gasteiger partial charge in [-0.2, -0.15) is 5.26 Å². The monoisotopic (exact) mass is 179 g/mol. The Labute approximate surface area is 75.8 Å². The van der Waals surface area contributed by atoms with Gasteiger partial charge in [0.2, 0.25) is 0 Å². The fourth-order valence-corrected chi connectivity index (χ4v) is 1.60. The van der Waals surface area contributed by atoms with Crippen LogP contribution in [0.5, 0.6) is 5.75 Å². The standard InChI is InChI=1S/C9H9NOS/c1-6-3-8(12-5-10)4-7(2)9(6)11/h3-4,11H,1-2H3. The SMILES string of the molecule is Cc1cc(SC#N)cc(C)c1O. The Morgan fingerprint density at radius 3 is 2.25 bits per heavy atom. The van der Waals surface area contributed by atoms with Gasteiger partial charge in [0.25, 0.3) is 0 Å². The number of benzene rings is 1. The summed E-state index contributed by atoms with van der Waals surface area (Å²) in [5.41, 5.74) is 1.63. The first-order valence-corrected chi connectivity index (χ1v) is 4.33. The number of nitriles is 1. The van der Waals surface area contributed by atoms with Gasteiger partial charge in [0.15, 0.2) is 0 Å². The van der Waals surface area contributed by atoms with E-state index >= 15 is 0 Å². The molecule has 0 heterocycles. The number of phenolic OH excluding ortho intramolecular Hbond substituents is 1. The van der Waals surface area contributed by atoms with Crippen LogP contribution in [0.4, 0.5) is 0 Å². The zero-order chi connectivity index (χ0) is 9.14. The van der Waals surface area contributed by atoms with E-state index in [1.807, 2.05) is 19.2 Å². The minimum absolute atomic E-state index is 0.317. The lowest BCUT2D eigenvalue weighted by molar-refractivity contribution is 0.466. The second kappa shape index (κ2) is 3.51. The second-order valence-corrected chi connectivity index (χ2v) is 3.46. The van der Waals surface area contributed by atoms with E-state index in [1.165, 1.54) is 0 Å². The molecule has 0 radical (unpaired) electrons. The van der Waals surface area contributed by atoms with Crippen molar-refractivity contribution in [2.24, 2.45) is 0 Å². The summed E-state index contributed by atoms with van der Waals surface area (Å²) in [7, 11) is 0. The zero-order valence-corrected chi connectivity index (χ0v) is 7.77. The molecule has 12 heavy (non-hydrogen) atoms. The highest BCUT2D eigenvalue weighted by molar-refractivity contribution is 8.03. The fourth-order valence-electron chi connectivity index (χ4n) is 1.03. The van der Waals surface area contributed by atoms with Gasteiger partial charge >= 0.3 is 0 Å². The molecule has 0 aliphatic rings. The highest BCUT2D eigenvalue weighted by Crippen LogP contribution is 2.27. The average Bonchev–Trinajstić information content (AvgIpc) is 2.01. The maximum atomic E-state index is 9.41. The minimum Gasteiger partial charge on any atom is -0.507 e. The van der Waals surface area contributed by atoms with Crippen LogP contribution in [-0.2, 0) is 0 Å². The topological polar surface area (TPSA) is 44.0 Å². The molecule has 0 bridgehead atoms. The van der Waals surface area contributed by atoms with Crippen molar-refractivity contribution >= 4 is 11.8 Å². The smallest absolute Gasteiger partial charge is 0.138 e. The number of thioether (sulfide) groups is 1. The molecule has 0 aromatic heterocycles. The zero-order valence-electron chi connectivity index (χ0n) is 6.96. The highest BCUT2D eigenvalue weighted by atomic mass is 32.2. The van der Waals surface area contributed by atoms with E-state index in [4.69, 9.17) is 5.26 Å². The van der Waals surface area contributed by atoms with Gasteiger partial charge in [0.05, 0.1) is 0 Å². The molecule has 0 spiro atoms. The molecule has 0 aliphatic heterocycles. The Balaban J connectivity index is 3.14. The second-order valence-electron chi connectivity index (χ2n) is 2.60. The van der Waals surface area contributed by atoms with Crippen LogP contribution in [0.2, 0.25) is 0 Å². The third-order valence-corrected chi connectivity index (χ3v) is 2.19. The van der Waals surface area contributed by atoms with Gasteiger partial charge in [0, 0.05) is 4.90 Å². The Kier molecular flexibility index (Phi) is 2.61. The molecular formula is C9H9NOS. The quantitative estimate of drug-likeness (QED) is 0.532. The number of hydrogen-bond acceptors (Lipinski definition) is 3. The van der Waals surface area contributed by atoms with Crippen molar-refractivity contribution < 1.29 is 5.11 Å². The molecule has 2 nitrogen and oxygen atoms in total. The number of hydrogen-bond donors (Lipinski definition) is 1. The summed E-state index contributed by atoms with van der Waals surface area (Å²) in [5.74, 6) is 0.317. The van der Waals surface area contributed by atoms with Crippen LogP contribution < -0.4 is 0 Å². The van der Waals surface area contributed by atoms with Crippen LogP contribution in [0.15, 0.2) is 17.0 Å². The predicted molar refractivity (Wildman–Crippen MR) is 49.1 cm³/mol. The number of aromatic hydroxyl groups is 1. The maximum Gasteiger partial charge on any atom is 0.138 e. The fraction of sp³-hybridized carbons (Fsp3) is 0.222. The number of phenols is 1. The molecule has 0 atom stereocenters. The molecule has 0 aliphatic carbocycles. The molecule has 1 aromatic rings. The predicted octanol–water partition coefficient (Wildman–Crippen LogP) is 2.58. The van der Waals surface area contributed by atoms with Gasteiger partial charge < -0.3 is 5.11 Å². The van der Waals surface area contributed by atoms with E-state index in [-0.39, 0.29) is 0 Å². The number of nitrogens with zero attached hydrogens (tertiary/aromatic N) is 1. The van der Waals surface area contributed by atoms with Crippen LogP contribution in [0.3, 0.4) is 0 Å². The van der Waals surface area contributed by atoms with Crippen molar-refractivity contribution in [3.8, 4) is 11.2 Å². The normalized spacial score (nSPS) is 9.42. The van der Waals surface area contributed by atoms with E-state index in [2.05, 4.69) is 0 Å². The first kappa shape index (κ1) is 8.95. The third-order valence-electron chi connectivity index (χ3n) is 1.63. The Morgan fingerprint density at radius 2 is 1.83 bits per heavy atom. The molecule has 0 fully saturated rings. The number of rotatable bonds is 1. The lowest BCUT2D eigenvalue weighted by atomic mass is 10.1. The van der Waals surface area contributed by atoms with Crippen LogP contribution >= 0.6 is 11.8 Å². The van der Waals surface area contributed by atoms with Crippen molar-refractivity contribution in [2.45, 2.75) is 18.7 Å². The van der Waals surface area contributed by atoms with Crippen LogP contribution in [0.25, 0.3) is 0 Å². The molecule has 0 saturated heterocycles. The summed E-state index contributed by atoms with van der Waals surface area (Å²) in [6, 6.07) is 3.60. The number of aryl methyl sites for hydroxylation is 2. The molecule has 1 aromatic carbocycles. The van der Waals surface area contributed by atoms with E-state index in [1.54, 1.807) is 12.1 Å². The van der Waals surface area contributed by atoms with Crippen molar-refractivity contribution in [3.63, 3.8) is 0 Å². The van der Waals surface area contributed by atoms with E-state index in [0.717, 1.165) is 27.8 Å². The van der Waals surface area contributed by atoms with Crippen molar-refractivity contribution in [1.82, 2.24) is 0 Å². The van der Waals surface area contributed by atoms with Crippen LogP contribution in [-0.4, -0.2) is 5.11 Å².